The average Bonchev–Trinajstić information content (AvgIpc) is 4.04. The summed E-state index contributed by atoms with van der Waals surface area (Å²) in [5.74, 6) is 0. The number of halogens is 6. The molecule has 7 heteroatoms. The number of rotatable bonds is 8. The summed E-state index contributed by atoms with van der Waals surface area (Å²) >= 11 is 0. The van der Waals surface area contributed by atoms with Crippen LogP contribution < -0.4 is 0 Å². The second-order valence-electron chi connectivity index (χ2n) is 22.9. The number of para-hydroxylation sites is 1. The zero-order valence-corrected chi connectivity index (χ0v) is 45.4. The smallest absolute Gasteiger partial charge is 0.309 e. The first kappa shape index (κ1) is 52.6. The molecule has 1 aromatic heterocycles. The third-order valence-corrected chi connectivity index (χ3v) is 15.4. The van der Waals surface area contributed by atoms with E-state index in [0.717, 1.165) is 106 Å². The number of hydrogen-bond acceptors (Lipinski definition) is 0. The van der Waals surface area contributed by atoms with Gasteiger partial charge in [0.15, 0.2) is 0 Å². The van der Waals surface area contributed by atoms with Crippen LogP contribution in [-0.2, 0) is 23.2 Å². The van der Waals surface area contributed by atoms with Gasteiger partial charge in [-0.05, 0) is 198 Å². The van der Waals surface area contributed by atoms with Gasteiger partial charge in [0, 0.05) is 16.3 Å². The van der Waals surface area contributed by atoms with Crippen molar-refractivity contribution in [3.8, 4) is 83.6 Å². The van der Waals surface area contributed by atoms with Gasteiger partial charge in [0.2, 0.25) is 0 Å². The van der Waals surface area contributed by atoms with Crippen molar-refractivity contribution in [1.82, 2.24) is 4.57 Å². The molecule has 0 amide bonds. The van der Waals surface area contributed by atoms with Crippen molar-refractivity contribution in [3.05, 3.63) is 246 Å². The minimum Gasteiger partial charge on any atom is -0.309 e. The second kappa shape index (κ2) is 19.8. The molecule has 79 heavy (non-hydrogen) atoms. The molecule has 0 N–H and O–H groups in total. The highest BCUT2D eigenvalue weighted by molar-refractivity contribution is 6.12. The lowest BCUT2D eigenvalue weighted by Crippen LogP contribution is -2.16. The molecule has 0 saturated heterocycles. The second-order valence-corrected chi connectivity index (χ2v) is 22.9. The number of fused-ring (bicyclic) bond motifs is 3. The van der Waals surface area contributed by atoms with E-state index in [9.17, 15) is 26.3 Å². The lowest BCUT2D eigenvalue weighted by Gasteiger charge is -2.27. The highest BCUT2D eigenvalue weighted by Gasteiger charge is 2.35. The van der Waals surface area contributed by atoms with Crippen molar-refractivity contribution in [2.75, 3.05) is 0 Å². The van der Waals surface area contributed by atoms with E-state index in [-0.39, 0.29) is 22.0 Å². The van der Waals surface area contributed by atoms with E-state index < -0.39 is 23.5 Å². The van der Waals surface area contributed by atoms with E-state index in [4.69, 9.17) is 0 Å². The number of benzene rings is 10. The van der Waals surface area contributed by atoms with Crippen LogP contribution in [0.5, 0.6) is 0 Å². The molecule has 0 aliphatic heterocycles. The van der Waals surface area contributed by atoms with Crippen molar-refractivity contribution < 1.29 is 26.3 Å². The molecule has 1 heterocycles. The Bertz CT molecular complexity index is 3910. The van der Waals surface area contributed by atoms with Crippen LogP contribution in [0.15, 0.2) is 212 Å². The molecule has 0 radical (unpaired) electrons. The molecule has 0 aliphatic carbocycles. The van der Waals surface area contributed by atoms with Crippen molar-refractivity contribution in [2.24, 2.45) is 0 Å². The Kier molecular flexibility index (Phi) is 13.2. The van der Waals surface area contributed by atoms with Crippen LogP contribution in [0.3, 0.4) is 0 Å². The Hall–Kier alpha value is -8.42. The van der Waals surface area contributed by atoms with E-state index in [1.807, 2.05) is 105 Å². The fraction of sp³-hybridized carbons (Fsp3) is 0.167. The van der Waals surface area contributed by atoms with Crippen LogP contribution in [-0.4, -0.2) is 4.57 Å². The predicted molar refractivity (Wildman–Crippen MR) is 316 cm³/mol. The molecule has 0 saturated carbocycles. The molecular weight excluding hydrogens is 993 g/mol. The Morgan fingerprint density at radius 1 is 0.291 bits per heavy atom. The van der Waals surface area contributed by atoms with Gasteiger partial charge in [0.05, 0.1) is 27.8 Å². The maximum absolute atomic E-state index is 14.8. The lowest BCUT2D eigenvalue weighted by molar-refractivity contribution is -0.137. The minimum atomic E-state index is -4.59. The van der Waals surface area contributed by atoms with Crippen LogP contribution in [0.2, 0.25) is 0 Å². The predicted octanol–water partition coefficient (Wildman–Crippen LogP) is 21.7. The number of aryl methyl sites for hydroxylation is 2. The van der Waals surface area contributed by atoms with E-state index in [1.54, 1.807) is 12.1 Å². The van der Waals surface area contributed by atoms with Crippen molar-refractivity contribution in [2.45, 2.75) is 78.6 Å². The molecule has 0 atom stereocenters. The summed E-state index contributed by atoms with van der Waals surface area (Å²) in [4.78, 5) is 0. The van der Waals surface area contributed by atoms with E-state index in [0.29, 0.717) is 11.1 Å². The summed E-state index contributed by atoms with van der Waals surface area (Å²) in [5, 5.41) is 1.78. The molecule has 0 unspecified atom stereocenters. The Labute approximate surface area is 458 Å². The number of alkyl halides is 6. The van der Waals surface area contributed by atoms with Crippen LogP contribution >= 0.6 is 0 Å². The van der Waals surface area contributed by atoms with Gasteiger partial charge in [-0.25, -0.2) is 0 Å². The standard InChI is InChI=1S/C72H59F6N/c1-44-19-9-11-21-57(44)50-33-48(35-52(37-50)59-23-13-16-26-64(59)71(73,74)75)46-29-31-67-62(41-46)63-42-47(49-34-51(58-22-12-10-20-45(58)2)38-53(36-49)60-24-14-17-27-65(60)72(76,77)78)30-32-68(63)79(67)66-28-18-15-25-61(66)54-39-55(69(3,4)5)43-56(40-54)70(6,7)8/h9-43H,1-8H3. The lowest BCUT2D eigenvalue weighted by atomic mass is 9.79. The molecule has 394 valence electrons. The van der Waals surface area contributed by atoms with Gasteiger partial charge >= 0.3 is 12.4 Å². The molecule has 11 aromatic rings. The fourth-order valence-corrected chi connectivity index (χ4v) is 11.2. The first-order valence-corrected chi connectivity index (χ1v) is 26.6. The Morgan fingerprint density at radius 2 is 0.620 bits per heavy atom. The van der Waals surface area contributed by atoms with Crippen LogP contribution in [0.4, 0.5) is 26.3 Å². The fourth-order valence-electron chi connectivity index (χ4n) is 11.2. The van der Waals surface area contributed by atoms with Gasteiger partial charge in [-0.3, -0.25) is 0 Å². The normalized spacial score (nSPS) is 12.4. The van der Waals surface area contributed by atoms with Gasteiger partial charge in [0.1, 0.15) is 0 Å². The topological polar surface area (TPSA) is 4.93 Å². The number of hydrogen-bond donors (Lipinski definition) is 0. The molecule has 11 rings (SSSR count). The van der Waals surface area contributed by atoms with Gasteiger partial charge in [-0.15, -0.1) is 0 Å². The average molecular weight is 1050 g/mol. The zero-order valence-electron chi connectivity index (χ0n) is 45.4. The molecule has 1 nitrogen and oxygen atoms in total. The summed E-state index contributed by atoms with van der Waals surface area (Å²) in [6.07, 6.45) is -9.18. The third kappa shape index (κ3) is 10.2. The minimum absolute atomic E-state index is 0.0842. The summed E-state index contributed by atoms with van der Waals surface area (Å²) in [7, 11) is 0. The summed E-state index contributed by atoms with van der Waals surface area (Å²) in [6, 6.07) is 66.5. The summed E-state index contributed by atoms with van der Waals surface area (Å²) in [5.41, 5.74) is 15.1. The SMILES string of the molecule is Cc1ccccc1-c1cc(-c2ccc3c(c2)c2cc(-c4cc(-c5ccccc5C)cc(-c5ccccc5C(F)(F)F)c4)ccc2n3-c2ccccc2-c2cc(C(C)(C)C)cc(C(C)(C)C)c2)cc(-c2ccccc2C(F)(F)F)c1. The summed E-state index contributed by atoms with van der Waals surface area (Å²) in [6.45, 7) is 17.4. The maximum Gasteiger partial charge on any atom is 0.417 e. The molecule has 0 aliphatic rings. The van der Waals surface area contributed by atoms with Crippen LogP contribution in [0.25, 0.3) is 105 Å². The van der Waals surface area contributed by atoms with Crippen LogP contribution in [0.1, 0.15) is 74.9 Å². The first-order chi connectivity index (χ1) is 37.5. The van der Waals surface area contributed by atoms with Crippen molar-refractivity contribution >= 4 is 21.8 Å². The summed E-state index contributed by atoms with van der Waals surface area (Å²) < 4.78 is 91.1. The number of aromatic nitrogens is 1. The first-order valence-electron chi connectivity index (χ1n) is 26.6. The quantitative estimate of drug-likeness (QED) is 0.134. The Morgan fingerprint density at radius 3 is 1.01 bits per heavy atom. The van der Waals surface area contributed by atoms with E-state index in [2.05, 4.69) is 119 Å². The van der Waals surface area contributed by atoms with Gasteiger partial charge in [0.25, 0.3) is 0 Å². The molecule has 10 aromatic carbocycles. The van der Waals surface area contributed by atoms with Gasteiger partial charge in [-0.2, -0.15) is 26.3 Å². The highest BCUT2D eigenvalue weighted by atomic mass is 19.4. The third-order valence-electron chi connectivity index (χ3n) is 15.4. The van der Waals surface area contributed by atoms with Crippen molar-refractivity contribution in [1.29, 1.82) is 0 Å². The van der Waals surface area contributed by atoms with E-state index >= 15 is 0 Å². The van der Waals surface area contributed by atoms with E-state index in [1.165, 1.54) is 35.4 Å². The van der Waals surface area contributed by atoms with Crippen molar-refractivity contribution in [3.63, 3.8) is 0 Å². The van der Waals surface area contributed by atoms with Gasteiger partial charge in [-0.1, -0.05) is 175 Å². The molecule has 0 bridgehead atoms. The Balaban J connectivity index is 1.20. The maximum atomic E-state index is 14.8. The zero-order chi connectivity index (χ0) is 55.8. The van der Waals surface area contributed by atoms with Crippen LogP contribution in [0, 0.1) is 13.8 Å². The van der Waals surface area contributed by atoms with Gasteiger partial charge < -0.3 is 4.57 Å². The number of nitrogens with zero attached hydrogens (tertiary/aromatic N) is 1. The largest absolute Gasteiger partial charge is 0.417 e. The monoisotopic (exact) mass is 1050 g/mol. The molecular formula is C72H59F6N. The molecule has 0 fully saturated rings. The highest BCUT2D eigenvalue weighted by Crippen LogP contribution is 2.46. The molecule has 0 spiro atoms.